The highest BCUT2D eigenvalue weighted by Gasteiger charge is 2.20. The lowest BCUT2D eigenvalue weighted by Gasteiger charge is -2.21. The third kappa shape index (κ3) is 3.23. The minimum atomic E-state index is -0.106. The van der Waals surface area contributed by atoms with Crippen molar-refractivity contribution in [2.45, 2.75) is 26.2 Å². The molecule has 19 heavy (non-hydrogen) atoms. The zero-order chi connectivity index (χ0) is 13.8. The van der Waals surface area contributed by atoms with Crippen molar-refractivity contribution in [3.05, 3.63) is 11.4 Å². The highest BCUT2D eigenvalue weighted by atomic mass is 32.2. The van der Waals surface area contributed by atoms with E-state index in [-0.39, 0.29) is 5.91 Å². The van der Waals surface area contributed by atoms with E-state index >= 15 is 0 Å². The molecule has 0 aromatic carbocycles. The number of thioether (sulfide) groups is 1. The molecule has 0 spiro atoms. The molecule has 0 bridgehead atoms. The van der Waals surface area contributed by atoms with Gasteiger partial charge in [0, 0.05) is 13.6 Å². The quantitative estimate of drug-likeness (QED) is 0.876. The summed E-state index contributed by atoms with van der Waals surface area (Å²) in [6.45, 7) is 2.73. The van der Waals surface area contributed by atoms with E-state index in [1.165, 1.54) is 24.3 Å². The number of hydrogen-bond acceptors (Lipinski definition) is 4. The van der Waals surface area contributed by atoms with Gasteiger partial charge in [-0.3, -0.25) is 9.48 Å². The maximum absolute atomic E-state index is 12.2. The molecule has 0 aliphatic carbocycles. The zero-order valence-electron chi connectivity index (χ0n) is 11.6. The standard InChI is InChI=1S/C13H22N4OS/c1-3-10-11(14)12(17(2)16-10)13(18)15-8-9-4-6-19-7-5-9/h9H,3-8,14H2,1-2H3,(H,15,18). The zero-order valence-corrected chi connectivity index (χ0v) is 12.4. The number of carbonyl (C=O) groups is 1. The van der Waals surface area contributed by atoms with Gasteiger partial charge in [0.1, 0.15) is 5.69 Å². The first-order chi connectivity index (χ1) is 9.13. The molecule has 5 nitrogen and oxygen atoms in total. The summed E-state index contributed by atoms with van der Waals surface area (Å²) in [4.78, 5) is 12.2. The molecule has 1 aliphatic heterocycles. The molecule has 1 saturated heterocycles. The highest BCUT2D eigenvalue weighted by molar-refractivity contribution is 7.99. The smallest absolute Gasteiger partial charge is 0.271 e. The number of nitrogens with zero attached hydrogens (tertiary/aromatic N) is 2. The van der Waals surface area contributed by atoms with Crippen molar-refractivity contribution in [3.63, 3.8) is 0 Å². The van der Waals surface area contributed by atoms with Gasteiger partial charge >= 0.3 is 0 Å². The molecule has 1 amide bonds. The van der Waals surface area contributed by atoms with Crippen molar-refractivity contribution < 1.29 is 4.79 Å². The van der Waals surface area contributed by atoms with E-state index in [0.29, 0.717) is 17.3 Å². The molecule has 3 N–H and O–H groups in total. The van der Waals surface area contributed by atoms with Crippen molar-refractivity contribution in [1.82, 2.24) is 15.1 Å². The van der Waals surface area contributed by atoms with Crippen molar-refractivity contribution in [2.24, 2.45) is 13.0 Å². The first-order valence-corrected chi connectivity index (χ1v) is 7.96. The molecule has 0 atom stereocenters. The number of anilines is 1. The predicted molar refractivity (Wildman–Crippen MR) is 79.4 cm³/mol. The van der Waals surface area contributed by atoms with Crippen LogP contribution in [0.2, 0.25) is 0 Å². The number of aryl methyl sites for hydroxylation is 2. The van der Waals surface area contributed by atoms with Gasteiger partial charge in [0.05, 0.1) is 11.4 Å². The Morgan fingerprint density at radius 1 is 1.53 bits per heavy atom. The number of nitrogen functional groups attached to an aromatic ring is 1. The molecule has 0 saturated carbocycles. The summed E-state index contributed by atoms with van der Waals surface area (Å²) < 4.78 is 1.58. The van der Waals surface area contributed by atoms with Crippen molar-refractivity contribution >= 4 is 23.4 Å². The van der Waals surface area contributed by atoms with Crippen LogP contribution in [0.5, 0.6) is 0 Å². The normalized spacial score (nSPS) is 16.5. The van der Waals surface area contributed by atoms with Gasteiger partial charge in [-0.25, -0.2) is 0 Å². The summed E-state index contributed by atoms with van der Waals surface area (Å²) in [6.07, 6.45) is 3.12. The van der Waals surface area contributed by atoms with Gasteiger partial charge < -0.3 is 11.1 Å². The van der Waals surface area contributed by atoms with Gasteiger partial charge in [-0.2, -0.15) is 16.9 Å². The van der Waals surface area contributed by atoms with E-state index in [2.05, 4.69) is 10.4 Å². The fourth-order valence-electron chi connectivity index (χ4n) is 2.40. The van der Waals surface area contributed by atoms with Crippen LogP contribution in [0.1, 0.15) is 35.9 Å². The minimum absolute atomic E-state index is 0.106. The van der Waals surface area contributed by atoms with Crippen LogP contribution in [0.15, 0.2) is 0 Å². The Labute approximate surface area is 118 Å². The Balaban J connectivity index is 1.97. The van der Waals surface area contributed by atoms with Crippen LogP contribution in [-0.2, 0) is 13.5 Å². The van der Waals surface area contributed by atoms with E-state index in [1.807, 2.05) is 18.7 Å². The fraction of sp³-hybridized carbons (Fsp3) is 0.692. The maximum atomic E-state index is 12.2. The van der Waals surface area contributed by atoms with Crippen LogP contribution in [0, 0.1) is 5.92 Å². The lowest BCUT2D eigenvalue weighted by Crippen LogP contribution is -2.32. The largest absolute Gasteiger partial charge is 0.395 e. The Bertz CT molecular complexity index is 452. The highest BCUT2D eigenvalue weighted by Crippen LogP contribution is 2.22. The van der Waals surface area contributed by atoms with Gasteiger partial charge in [0.15, 0.2) is 0 Å². The molecule has 0 radical (unpaired) electrons. The summed E-state index contributed by atoms with van der Waals surface area (Å²) >= 11 is 1.99. The van der Waals surface area contributed by atoms with Gasteiger partial charge in [-0.1, -0.05) is 6.92 Å². The van der Waals surface area contributed by atoms with Crippen LogP contribution in [0.4, 0.5) is 5.69 Å². The summed E-state index contributed by atoms with van der Waals surface area (Å²) in [6, 6.07) is 0. The summed E-state index contributed by atoms with van der Waals surface area (Å²) in [5, 5.41) is 7.27. The first-order valence-electron chi connectivity index (χ1n) is 6.80. The SMILES string of the molecule is CCc1nn(C)c(C(=O)NCC2CCSCC2)c1N. The van der Waals surface area contributed by atoms with E-state index < -0.39 is 0 Å². The number of aromatic nitrogens is 2. The van der Waals surface area contributed by atoms with Crippen LogP contribution in [-0.4, -0.2) is 33.7 Å². The van der Waals surface area contributed by atoms with Crippen LogP contribution in [0.25, 0.3) is 0 Å². The van der Waals surface area contributed by atoms with Gasteiger partial charge in [0.25, 0.3) is 5.91 Å². The Hall–Kier alpha value is -1.17. The summed E-state index contributed by atoms with van der Waals surface area (Å²) in [7, 11) is 1.77. The molecular weight excluding hydrogens is 260 g/mol. The molecule has 1 aliphatic rings. The summed E-state index contributed by atoms with van der Waals surface area (Å²) in [5.74, 6) is 2.90. The number of hydrogen-bond donors (Lipinski definition) is 2. The van der Waals surface area contributed by atoms with Crippen molar-refractivity contribution in [1.29, 1.82) is 0 Å². The molecule has 1 aromatic rings. The number of amides is 1. The van der Waals surface area contributed by atoms with Crippen LogP contribution >= 0.6 is 11.8 Å². The van der Waals surface area contributed by atoms with Crippen molar-refractivity contribution in [2.75, 3.05) is 23.8 Å². The average Bonchev–Trinajstić information content (AvgIpc) is 2.72. The minimum Gasteiger partial charge on any atom is -0.395 e. The second kappa shape index (κ2) is 6.32. The Morgan fingerprint density at radius 2 is 2.21 bits per heavy atom. The molecular formula is C13H22N4OS. The van der Waals surface area contributed by atoms with Crippen molar-refractivity contribution in [3.8, 4) is 0 Å². The number of nitrogens with one attached hydrogen (secondary N) is 1. The predicted octanol–water partition coefficient (Wildman–Crippen LogP) is 1.44. The fourth-order valence-corrected chi connectivity index (χ4v) is 3.60. The van der Waals surface area contributed by atoms with Crippen LogP contribution in [0.3, 0.4) is 0 Å². The van der Waals surface area contributed by atoms with E-state index in [0.717, 1.165) is 18.7 Å². The molecule has 1 aromatic heterocycles. The van der Waals surface area contributed by atoms with Gasteiger partial charge in [-0.05, 0) is 36.7 Å². The molecule has 0 unspecified atom stereocenters. The second-order valence-corrected chi connectivity index (χ2v) is 6.18. The van der Waals surface area contributed by atoms with Gasteiger partial charge in [-0.15, -0.1) is 0 Å². The molecule has 2 rings (SSSR count). The molecule has 2 heterocycles. The van der Waals surface area contributed by atoms with Crippen LogP contribution < -0.4 is 11.1 Å². The molecule has 1 fully saturated rings. The topological polar surface area (TPSA) is 72.9 Å². The van der Waals surface area contributed by atoms with E-state index in [4.69, 9.17) is 5.73 Å². The average molecular weight is 282 g/mol. The van der Waals surface area contributed by atoms with Gasteiger partial charge in [0.2, 0.25) is 0 Å². The lowest BCUT2D eigenvalue weighted by atomic mass is 10.0. The van der Waals surface area contributed by atoms with E-state index in [9.17, 15) is 4.79 Å². The van der Waals surface area contributed by atoms with E-state index in [1.54, 1.807) is 11.7 Å². The number of nitrogens with two attached hydrogens (primary N) is 1. The first kappa shape index (κ1) is 14.2. The Kier molecular flexibility index (Phi) is 4.74. The third-order valence-electron chi connectivity index (χ3n) is 3.60. The number of carbonyl (C=O) groups excluding carboxylic acids is 1. The molecule has 106 valence electrons. The second-order valence-electron chi connectivity index (χ2n) is 4.95. The Morgan fingerprint density at radius 3 is 2.79 bits per heavy atom. The monoisotopic (exact) mass is 282 g/mol. The molecule has 6 heteroatoms. The maximum Gasteiger partial charge on any atom is 0.271 e. The summed E-state index contributed by atoms with van der Waals surface area (Å²) in [5.41, 5.74) is 7.77. The third-order valence-corrected chi connectivity index (χ3v) is 4.65. The number of rotatable bonds is 4. The lowest BCUT2D eigenvalue weighted by molar-refractivity contribution is 0.0938.